The van der Waals surface area contributed by atoms with Crippen molar-refractivity contribution >= 4 is 5.78 Å². The van der Waals surface area contributed by atoms with E-state index in [0.717, 1.165) is 12.0 Å². The van der Waals surface area contributed by atoms with Gasteiger partial charge in [0.25, 0.3) is 0 Å². The normalized spacial score (nSPS) is 10.1. The molecule has 0 amide bonds. The Kier molecular flexibility index (Phi) is 4.26. The van der Waals surface area contributed by atoms with Crippen LogP contribution in [0.2, 0.25) is 0 Å². The third kappa shape index (κ3) is 4.14. The topological polar surface area (TPSA) is 29.1 Å². The Morgan fingerprint density at radius 2 is 2.29 bits per heavy atom. The zero-order valence-electron chi connectivity index (χ0n) is 8.22. The van der Waals surface area contributed by atoms with Gasteiger partial charge < -0.3 is 5.32 Å². The highest BCUT2D eigenvalue weighted by Gasteiger charge is 1.96. The number of ketones is 1. The molecular weight excluding hydrogens is 181 g/mol. The molecule has 76 valence electrons. The fourth-order valence-corrected chi connectivity index (χ4v) is 1.19. The number of hydrogen-bond acceptors (Lipinski definition) is 2. The summed E-state index contributed by atoms with van der Waals surface area (Å²) < 4.78 is 12.7. The third-order valence-corrected chi connectivity index (χ3v) is 1.85. The van der Waals surface area contributed by atoms with E-state index in [1.165, 1.54) is 19.1 Å². The molecule has 14 heavy (non-hydrogen) atoms. The fraction of sp³-hybridized carbons (Fsp3) is 0.364. The van der Waals surface area contributed by atoms with Crippen LogP contribution in [0.4, 0.5) is 4.39 Å². The van der Waals surface area contributed by atoms with Crippen molar-refractivity contribution in [2.45, 2.75) is 13.3 Å². The number of nitrogens with one attached hydrogen (secondary N) is 1. The minimum atomic E-state index is -0.214. The van der Waals surface area contributed by atoms with Crippen LogP contribution in [0.15, 0.2) is 24.3 Å². The van der Waals surface area contributed by atoms with Crippen molar-refractivity contribution in [1.29, 1.82) is 0 Å². The Balaban J connectivity index is 2.28. The van der Waals surface area contributed by atoms with Gasteiger partial charge in [-0.25, -0.2) is 4.39 Å². The average Bonchev–Trinajstić information content (AvgIpc) is 2.12. The quantitative estimate of drug-likeness (QED) is 0.722. The first kappa shape index (κ1) is 10.9. The predicted molar refractivity (Wildman–Crippen MR) is 53.7 cm³/mol. The molecular formula is C11H14FNO. The van der Waals surface area contributed by atoms with Crippen molar-refractivity contribution in [1.82, 2.24) is 5.32 Å². The molecule has 0 radical (unpaired) electrons. The lowest BCUT2D eigenvalue weighted by Crippen LogP contribution is -2.23. The second kappa shape index (κ2) is 5.50. The highest BCUT2D eigenvalue weighted by molar-refractivity contribution is 5.77. The Morgan fingerprint density at radius 3 is 2.93 bits per heavy atom. The third-order valence-electron chi connectivity index (χ3n) is 1.85. The van der Waals surface area contributed by atoms with Crippen molar-refractivity contribution in [3.63, 3.8) is 0 Å². The number of Topliss-reactive ketones (excluding diaryl/α,β-unsaturated/α-hetero) is 1. The molecule has 1 aromatic carbocycles. The van der Waals surface area contributed by atoms with Crippen LogP contribution in [-0.2, 0) is 11.2 Å². The monoisotopic (exact) mass is 195 g/mol. The summed E-state index contributed by atoms with van der Waals surface area (Å²) in [6.45, 7) is 2.62. The molecule has 2 nitrogen and oxygen atoms in total. The largest absolute Gasteiger partial charge is 0.310 e. The highest BCUT2D eigenvalue weighted by atomic mass is 19.1. The summed E-state index contributed by atoms with van der Waals surface area (Å²) in [6.07, 6.45) is 0.741. The van der Waals surface area contributed by atoms with Gasteiger partial charge in [0.05, 0.1) is 6.54 Å². The summed E-state index contributed by atoms with van der Waals surface area (Å²) in [5.41, 5.74) is 0.945. The summed E-state index contributed by atoms with van der Waals surface area (Å²) >= 11 is 0. The lowest BCUT2D eigenvalue weighted by molar-refractivity contribution is -0.116. The van der Waals surface area contributed by atoms with Crippen LogP contribution >= 0.6 is 0 Å². The number of carbonyl (C=O) groups is 1. The van der Waals surface area contributed by atoms with Gasteiger partial charge >= 0.3 is 0 Å². The maximum atomic E-state index is 12.7. The highest BCUT2D eigenvalue weighted by Crippen LogP contribution is 2.03. The van der Waals surface area contributed by atoms with E-state index >= 15 is 0 Å². The molecule has 0 saturated carbocycles. The van der Waals surface area contributed by atoms with E-state index in [0.29, 0.717) is 13.1 Å². The van der Waals surface area contributed by atoms with Crippen molar-refractivity contribution in [2.24, 2.45) is 0 Å². The second-order valence-electron chi connectivity index (χ2n) is 3.26. The molecule has 0 aliphatic carbocycles. The van der Waals surface area contributed by atoms with Crippen molar-refractivity contribution in [3.05, 3.63) is 35.6 Å². The molecule has 0 fully saturated rings. The Hall–Kier alpha value is -1.22. The standard InChI is InChI=1S/C11H14FNO/c1-9(14)8-13-6-5-10-3-2-4-11(12)7-10/h2-4,7,13H,5-6,8H2,1H3. The van der Waals surface area contributed by atoms with Gasteiger partial charge in [0.1, 0.15) is 11.6 Å². The number of halogens is 1. The minimum absolute atomic E-state index is 0.115. The van der Waals surface area contributed by atoms with Crippen LogP contribution in [0, 0.1) is 5.82 Å². The SMILES string of the molecule is CC(=O)CNCCc1cccc(F)c1. The number of carbonyl (C=O) groups excluding carboxylic acids is 1. The fourth-order valence-electron chi connectivity index (χ4n) is 1.19. The van der Waals surface area contributed by atoms with Crippen LogP contribution in [0.25, 0.3) is 0 Å². The summed E-state index contributed by atoms with van der Waals surface area (Å²) in [7, 11) is 0. The molecule has 0 aromatic heterocycles. The molecule has 0 heterocycles. The maximum absolute atomic E-state index is 12.7. The van der Waals surface area contributed by atoms with Crippen LogP contribution in [0.3, 0.4) is 0 Å². The summed E-state index contributed by atoms with van der Waals surface area (Å²) in [5, 5.41) is 2.98. The van der Waals surface area contributed by atoms with E-state index in [-0.39, 0.29) is 11.6 Å². The molecule has 0 unspecified atom stereocenters. The van der Waals surface area contributed by atoms with Crippen molar-refractivity contribution in [3.8, 4) is 0 Å². The predicted octanol–water partition coefficient (Wildman–Crippen LogP) is 1.55. The van der Waals surface area contributed by atoms with Crippen LogP contribution in [-0.4, -0.2) is 18.9 Å². The lowest BCUT2D eigenvalue weighted by atomic mass is 10.1. The first-order valence-electron chi connectivity index (χ1n) is 4.63. The van der Waals surface area contributed by atoms with Gasteiger partial charge in [-0.05, 0) is 37.6 Å². The van der Waals surface area contributed by atoms with Gasteiger partial charge in [0.15, 0.2) is 0 Å². The second-order valence-corrected chi connectivity index (χ2v) is 3.26. The minimum Gasteiger partial charge on any atom is -0.310 e. The molecule has 0 saturated heterocycles. The molecule has 0 spiro atoms. The molecule has 0 aliphatic rings. The molecule has 0 atom stereocenters. The number of rotatable bonds is 5. The van der Waals surface area contributed by atoms with E-state index in [1.807, 2.05) is 6.07 Å². The zero-order valence-corrected chi connectivity index (χ0v) is 8.22. The van der Waals surface area contributed by atoms with Crippen LogP contribution < -0.4 is 5.32 Å². The van der Waals surface area contributed by atoms with Gasteiger partial charge in [0.2, 0.25) is 0 Å². The molecule has 1 aromatic rings. The van der Waals surface area contributed by atoms with Crippen LogP contribution in [0.1, 0.15) is 12.5 Å². The first-order chi connectivity index (χ1) is 6.68. The average molecular weight is 195 g/mol. The molecule has 1 rings (SSSR count). The molecule has 1 N–H and O–H groups in total. The lowest BCUT2D eigenvalue weighted by Gasteiger charge is -2.02. The van der Waals surface area contributed by atoms with E-state index in [9.17, 15) is 9.18 Å². The van der Waals surface area contributed by atoms with Crippen molar-refractivity contribution < 1.29 is 9.18 Å². The first-order valence-corrected chi connectivity index (χ1v) is 4.63. The van der Waals surface area contributed by atoms with E-state index in [2.05, 4.69) is 5.32 Å². The summed E-state index contributed by atoms with van der Waals surface area (Å²) in [5.74, 6) is -0.0988. The maximum Gasteiger partial charge on any atom is 0.143 e. The Morgan fingerprint density at radius 1 is 1.50 bits per heavy atom. The summed E-state index contributed by atoms with van der Waals surface area (Å²) in [6, 6.07) is 6.50. The van der Waals surface area contributed by atoms with Gasteiger partial charge in [-0.3, -0.25) is 4.79 Å². The van der Waals surface area contributed by atoms with E-state index in [1.54, 1.807) is 6.07 Å². The summed E-state index contributed by atoms with van der Waals surface area (Å²) in [4.78, 5) is 10.6. The van der Waals surface area contributed by atoms with Gasteiger partial charge in [-0.1, -0.05) is 12.1 Å². The molecule has 3 heteroatoms. The molecule has 0 bridgehead atoms. The van der Waals surface area contributed by atoms with Gasteiger partial charge in [0, 0.05) is 0 Å². The van der Waals surface area contributed by atoms with Gasteiger partial charge in [-0.2, -0.15) is 0 Å². The van der Waals surface area contributed by atoms with Crippen molar-refractivity contribution in [2.75, 3.05) is 13.1 Å². The van der Waals surface area contributed by atoms with Crippen LogP contribution in [0.5, 0.6) is 0 Å². The number of hydrogen-bond donors (Lipinski definition) is 1. The smallest absolute Gasteiger partial charge is 0.143 e. The van der Waals surface area contributed by atoms with E-state index < -0.39 is 0 Å². The zero-order chi connectivity index (χ0) is 10.4. The van der Waals surface area contributed by atoms with E-state index in [4.69, 9.17) is 0 Å². The number of benzene rings is 1. The Labute approximate surface area is 83.1 Å². The van der Waals surface area contributed by atoms with Gasteiger partial charge in [-0.15, -0.1) is 0 Å². The molecule has 0 aliphatic heterocycles. The Bertz CT molecular complexity index is 312.